The van der Waals surface area contributed by atoms with Crippen molar-refractivity contribution in [1.82, 2.24) is 0 Å². The molecule has 0 unspecified atom stereocenters. The number of hydrogen-bond acceptors (Lipinski definition) is 3. The molecule has 0 aromatic heterocycles. The molecule has 0 aliphatic heterocycles. The maximum Gasteiger partial charge on any atom is 0.235 e. The monoisotopic (exact) mass is 376 g/mol. The van der Waals surface area contributed by atoms with E-state index in [1.165, 1.54) is 0 Å². The number of aryl methyl sites for hydroxylation is 1. The number of carbonyl (C=O) groups is 1. The maximum absolute atomic E-state index is 13.3. The summed E-state index contributed by atoms with van der Waals surface area (Å²) in [5.41, 5.74) is 2.85. The van der Waals surface area contributed by atoms with Crippen molar-refractivity contribution < 1.29 is 9.53 Å². The number of anilines is 1. The van der Waals surface area contributed by atoms with Gasteiger partial charge in [-0.2, -0.15) is 5.26 Å². The number of rotatable bonds is 7. The molecule has 3 rings (SSSR count). The zero-order valence-corrected chi connectivity index (χ0v) is 16.8. The average molecular weight is 377 g/mol. The van der Waals surface area contributed by atoms with E-state index < -0.39 is 5.41 Å². The normalized spacial score (nSPS) is 15.0. The molecule has 0 bridgehead atoms. The second kappa shape index (κ2) is 8.93. The van der Waals surface area contributed by atoms with Crippen molar-refractivity contribution in [1.29, 1.82) is 5.26 Å². The van der Waals surface area contributed by atoms with Crippen molar-refractivity contribution in [3.05, 3.63) is 59.2 Å². The molecular formula is C24H28N2O2. The second-order valence-corrected chi connectivity index (χ2v) is 7.64. The van der Waals surface area contributed by atoms with Crippen molar-refractivity contribution in [2.24, 2.45) is 0 Å². The zero-order valence-electron chi connectivity index (χ0n) is 16.8. The lowest BCUT2D eigenvalue weighted by Crippen LogP contribution is -2.38. The first kappa shape index (κ1) is 19.9. The Morgan fingerprint density at radius 2 is 2.00 bits per heavy atom. The summed E-state index contributed by atoms with van der Waals surface area (Å²) in [5, 5.41) is 12.5. The Kier molecular flexibility index (Phi) is 6.36. The minimum Gasteiger partial charge on any atom is -0.492 e. The van der Waals surface area contributed by atoms with Crippen molar-refractivity contribution in [3.63, 3.8) is 0 Å². The topological polar surface area (TPSA) is 62.1 Å². The number of amides is 1. The van der Waals surface area contributed by atoms with E-state index in [-0.39, 0.29) is 5.91 Å². The summed E-state index contributed by atoms with van der Waals surface area (Å²) in [5.74, 6) is 0.586. The molecule has 2 aromatic rings. The smallest absolute Gasteiger partial charge is 0.235 e. The molecule has 1 aliphatic rings. The van der Waals surface area contributed by atoms with E-state index in [1.54, 1.807) is 12.1 Å². The van der Waals surface area contributed by atoms with Gasteiger partial charge >= 0.3 is 0 Å². The lowest BCUT2D eigenvalue weighted by Gasteiger charge is -2.28. The maximum atomic E-state index is 13.3. The molecule has 0 saturated heterocycles. The molecule has 146 valence electrons. The van der Waals surface area contributed by atoms with Crippen molar-refractivity contribution in [3.8, 4) is 11.8 Å². The van der Waals surface area contributed by atoms with Crippen LogP contribution in [0.25, 0.3) is 0 Å². The van der Waals surface area contributed by atoms with Crippen molar-refractivity contribution >= 4 is 11.6 Å². The summed E-state index contributed by atoms with van der Waals surface area (Å²) in [7, 11) is 0. The molecule has 0 heterocycles. The van der Waals surface area contributed by atoms with Crippen molar-refractivity contribution in [2.75, 3.05) is 11.9 Å². The van der Waals surface area contributed by atoms with Crippen LogP contribution in [0.3, 0.4) is 0 Å². The SMILES string of the molecule is CCCCOc1ccc(NC(=O)C2(c3cccc(C)c3)CCCC2)cc1C#N. The fourth-order valence-corrected chi connectivity index (χ4v) is 3.97. The van der Waals surface area contributed by atoms with Gasteiger partial charge < -0.3 is 10.1 Å². The van der Waals surface area contributed by atoms with Gasteiger partial charge in [-0.05, 0) is 49.9 Å². The highest BCUT2D eigenvalue weighted by Gasteiger charge is 2.42. The fourth-order valence-electron chi connectivity index (χ4n) is 3.97. The lowest BCUT2D eigenvalue weighted by atomic mass is 9.77. The van der Waals surface area contributed by atoms with Gasteiger partial charge in [-0.3, -0.25) is 4.79 Å². The lowest BCUT2D eigenvalue weighted by molar-refractivity contribution is -0.121. The second-order valence-electron chi connectivity index (χ2n) is 7.64. The minimum absolute atomic E-state index is 0.0131. The van der Waals surface area contributed by atoms with Crippen molar-refractivity contribution in [2.45, 2.75) is 57.8 Å². The van der Waals surface area contributed by atoms with Gasteiger partial charge in [-0.25, -0.2) is 0 Å². The first-order valence-corrected chi connectivity index (χ1v) is 10.1. The Morgan fingerprint density at radius 3 is 2.68 bits per heavy atom. The number of nitrogens with one attached hydrogen (secondary N) is 1. The molecule has 1 aliphatic carbocycles. The predicted octanol–water partition coefficient (Wildman–Crippen LogP) is 5.50. The van der Waals surface area contributed by atoms with Crippen LogP contribution in [0.5, 0.6) is 5.75 Å². The van der Waals surface area contributed by atoms with Crippen LogP contribution in [-0.2, 0) is 10.2 Å². The Balaban J connectivity index is 1.82. The number of nitrogens with zero attached hydrogens (tertiary/aromatic N) is 1. The van der Waals surface area contributed by atoms with E-state index in [0.29, 0.717) is 23.6 Å². The van der Waals surface area contributed by atoms with Crippen LogP contribution in [0.1, 0.15) is 62.1 Å². The van der Waals surface area contributed by atoms with Crippen LogP contribution in [0.15, 0.2) is 42.5 Å². The quantitative estimate of drug-likeness (QED) is 0.649. The van der Waals surface area contributed by atoms with E-state index >= 15 is 0 Å². The summed E-state index contributed by atoms with van der Waals surface area (Å²) in [6.07, 6.45) is 5.79. The van der Waals surface area contributed by atoms with Gasteiger partial charge in [0.15, 0.2) is 0 Å². The van der Waals surface area contributed by atoms with E-state index in [0.717, 1.165) is 49.7 Å². The Labute approximate surface area is 167 Å². The van der Waals surface area contributed by atoms with Crippen LogP contribution < -0.4 is 10.1 Å². The average Bonchev–Trinajstić information content (AvgIpc) is 3.20. The number of unbranched alkanes of at least 4 members (excludes halogenated alkanes) is 1. The highest BCUT2D eigenvalue weighted by molar-refractivity contribution is 5.99. The molecule has 0 atom stereocenters. The fraction of sp³-hybridized carbons (Fsp3) is 0.417. The number of hydrogen-bond donors (Lipinski definition) is 1. The highest BCUT2D eigenvalue weighted by atomic mass is 16.5. The molecule has 4 nitrogen and oxygen atoms in total. The molecule has 0 radical (unpaired) electrons. The third-order valence-corrected chi connectivity index (χ3v) is 5.58. The molecule has 2 aromatic carbocycles. The Hall–Kier alpha value is -2.80. The first-order chi connectivity index (χ1) is 13.6. The number of benzene rings is 2. The van der Waals surface area contributed by atoms with Gasteiger partial charge in [0.2, 0.25) is 5.91 Å². The van der Waals surface area contributed by atoms with E-state index in [1.807, 2.05) is 12.1 Å². The summed E-state index contributed by atoms with van der Waals surface area (Å²) in [6, 6.07) is 15.7. The van der Waals surface area contributed by atoms with Crippen LogP contribution in [0.2, 0.25) is 0 Å². The Bertz CT molecular complexity index is 876. The molecule has 28 heavy (non-hydrogen) atoms. The van der Waals surface area contributed by atoms with Gasteiger partial charge in [0.1, 0.15) is 11.8 Å². The molecule has 4 heteroatoms. The number of ether oxygens (including phenoxy) is 1. The number of carbonyl (C=O) groups excluding carboxylic acids is 1. The van der Waals surface area contributed by atoms with Crippen LogP contribution in [0, 0.1) is 18.3 Å². The molecule has 1 saturated carbocycles. The largest absolute Gasteiger partial charge is 0.492 e. The van der Waals surface area contributed by atoms with Gasteiger partial charge in [0.25, 0.3) is 0 Å². The molecular weight excluding hydrogens is 348 g/mol. The van der Waals surface area contributed by atoms with E-state index in [4.69, 9.17) is 4.74 Å². The van der Waals surface area contributed by atoms with E-state index in [9.17, 15) is 10.1 Å². The van der Waals surface area contributed by atoms with Crippen LogP contribution in [0.4, 0.5) is 5.69 Å². The van der Waals surface area contributed by atoms with Gasteiger partial charge in [0.05, 0.1) is 17.6 Å². The summed E-state index contributed by atoms with van der Waals surface area (Å²) in [4.78, 5) is 13.3. The first-order valence-electron chi connectivity index (χ1n) is 10.1. The summed E-state index contributed by atoms with van der Waals surface area (Å²) >= 11 is 0. The minimum atomic E-state index is -0.491. The Morgan fingerprint density at radius 1 is 1.21 bits per heavy atom. The summed E-state index contributed by atoms with van der Waals surface area (Å²) < 4.78 is 5.70. The number of nitriles is 1. The van der Waals surface area contributed by atoms with Crippen LogP contribution >= 0.6 is 0 Å². The molecule has 1 fully saturated rings. The van der Waals surface area contributed by atoms with Gasteiger partial charge in [-0.15, -0.1) is 0 Å². The van der Waals surface area contributed by atoms with Gasteiger partial charge in [0, 0.05) is 5.69 Å². The molecule has 1 N–H and O–H groups in total. The third kappa shape index (κ3) is 4.20. The third-order valence-electron chi connectivity index (χ3n) is 5.58. The molecule has 0 spiro atoms. The molecule has 1 amide bonds. The highest BCUT2D eigenvalue weighted by Crippen LogP contribution is 2.42. The predicted molar refractivity (Wildman–Crippen MR) is 112 cm³/mol. The zero-order chi connectivity index (χ0) is 20.0. The standard InChI is InChI=1S/C24H28N2O2/c1-3-4-14-28-22-11-10-21(16-19(22)17-25)26-23(27)24(12-5-6-13-24)20-9-7-8-18(2)15-20/h7-11,15-16H,3-6,12-14H2,1-2H3,(H,26,27). The summed E-state index contributed by atoms with van der Waals surface area (Å²) in [6.45, 7) is 4.74. The van der Waals surface area contributed by atoms with Gasteiger partial charge in [-0.1, -0.05) is 56.0 Å². The van der Waals surface area contributed by atoms with E-state index in [2.05, 4.69) is 43.4 Å². The van der Waals surface area contributed by atoms with Crippen LogP contribution in [-0.4, -0.2) is 12.5 Å².